The highest BCUT2D eigenvalue weighted by atomic mass is 32.2. The number of nitrogens with zero attached hydrogens (tertiary/aromatic N) is 1. The summed E-state index contributed by atoms with van der Waals surface area (Å²) in [4.78, 5) is 11.4. The molecule has 0 aromatic carbocycles. The van der Waals surface area contributed by atoms with Crippen LogP contribution in [0, 0.1) is 5.92 Å². The van der Waals surface area contributed by atoms with E-state index in [0.717, 1.165) is 24.6 Å². The molecule has 1 amide bonds. The van der Waals surface area contributed by atoms with Crippen molar-refractivity contribution >= 4 is 22.8 Å². The Morgan fingerprint density at radius 1 is 1.38 bits per heavy atom. The Balaban J connectivity index is 3.70. The van der Waals surface area contributed by atoms with Crippen molar-refractivity contribution in [2.75, 3.05) is 5.75 Å². The van der Waals surface area contributed by atoms with Crippen molar-refractivity contribution in [1.29, 1.82) is 0 Å². The summed E-state index contributed by atoms with van der Waals surface area (Å²) < 4.78 is 0. The molecule has 0 bridgehead atoms. The average Bonchev–Trinajstić information content (AvgIpc) is 2.23. The Bertz CT molecular complexity index is 243. The molecule has 1 unspecified atom stereocenters. The minimum atomic E-state index is -0.0344. The topological polar surface area (TPSA) is 93.5 Å². The number of carbonyl (C=O) groups is 1. The van der Waals surface area contributed by atoms with Crippen LogP contribution in [-0.4, -0.2) is 22.9 Å². The average molecular weight is 246 g/mol. The minimum Gasteiger partial charge on any atom is -0.377 e. The number of carbonyl (C=O) groups excluding carboxylic acids is 1. The van der Waals surface area contributed by atoms with Crippen LogP contribution in [0.15, 0.2) is 5.10 Å². The molecule has 1 atom stereocenters. The third kappa shape index (κ3) is 8.40. The lowest BCUT2D eigenvalue weighted by atomic mass is 10.0. The van der Waals surface area contributed by atoms with Gasteiger partial charge < -0.3 is 16.9 Å². The van der Waals surface area contributed by atoms with Crippen LogP contribution in [0.2, 0.25) is 0 Å². The van der Waals surface area contributed by atoms with Crippen LogP contribution in [0.3, 0.4) is 0 Å². The van der Waals surface area contributed by atoms with Crippen molar-refractivity contribution in [3.63, 3.8) is 0 Å². The van der Waals surface area contributed by atoms with Gasteiger partial charge in [-0.15, -0.1) is 0 Å². The molecule has 0 heterocycles. The molecule has 0 aromatic rings. The van der Waals surface area contributed by atoms with Crippen LogP contribution in [0.4, 0.5) is 0 Å². The van der Waals surface area contributed by atoms with Gasteiger partial charge in [-0.1, -0.05) is 25.6 Å². The molecule has 0 radical (unpaired) electrons. The maximum atomic E-state index is 11.4. The molecule has 0 saturated carbocycles. The summed E-state index contributed by atoms with van der Waals surface area (Å²) in [5, 5.41) is 6.41. The Labute approximate surface area is 101 Å². The summed E-state index contributed by atoms with van der Waals surface area (Å²) in [5.41, 5.74) is 5.36. The van der Waals surface area contributed by atoms with Gasteiger partial charge in [0.1, 0.15) is 0 Å². The van der Waals surface area contributed by atoms with E-state index in [1.165, 1.54) is 0 Å². The maximum Gasteiger partial charge on any atom is 0.230 e. The van der Waals surface area contributed by atoms with Gasteiger partial charge in [-0.3, -0.25) is 4.79 Å². The lowest BCUT2D eigenvalue weighted by Gasteiger charge is -2.14. The molecule has 5 N–H and O–H groups in total. The standard InChI is InChI=1S/C10H22N4OS/c1-7(2)4-5-8(3)13-9(15)6-16-10(11)14-12/h7-8H,4-6,12H2,1-3H3,(H2,11,14)(H,13,15). The summed E-state index contributed by atoms with van der Waals surface area (Å²) in [6.45, 7) is 6.34. The van der Waals surface area contributed by atoms with E-state index < -0.39 is 0 Å². The summed E-state index contributed by atoms with van der Waals surface area (Å²) in [5.74, 6) is 5.84. The van der Waals surface area contributed by atoms with Crippen LogP contribution < -0.4 is 16.9 Å². The fourth-order valence-electron chi connectivity index (χ4n) is 1.15. The van der Waals surface area contributed by atoms with E-state index >= 15 is 0 Å². The monoisotopic (exact) mass is 246 g/mol. The molecule has 0 aliphatic rings. The molecule has 0 aliphatic heterocycles. The lowest BCUT2D eigenvalue weighted by Crippen LogP contribution is -2.34. The van der Waals surface area contributed by atoms with Crippen LogP contribution in [0.1, 0.15) is 33.6 Å². The highest BCUT2D eigenvalue weighted by molar-refractivity contribution is 8.14. The highest BCUT2D eigenvalue weighted by Crippen LogP contribution is 2.06. The molecule has 94 valence electrons. The van der Waals surface area contributed by atoms with E-state index in [1.807, 2.05) is 6.92 Å². The fourth-order valence-corrected chi connectivity index (χ4v) is 1.59. The van der Waals surface area contributed by atoms with Gasteiger partial charge in [0.25, 0.3) is 0 Å². The summed E-state index contributed by atoms with van der Waals surface area (Å²) in [7, 11) is 0. The third-order valence-electron chi connectivity index (χ3n) is 2.06. The van der Waals surface area contributed by atoms with Gasteiger partial charge >= 0.3 is 0 Å². The molecule has 0 fully saturated rings. The molecule has 6 heteroatoms. The van der Waals surface area contributed by atoms with Crippen molar-refractivity contribution < 1.29 is 4.79 Å². The van der Waals surface area contributed by atoms with E-state index in [2.05, 4.69) is 24.3 Å². The quantitative estimate of drug-likeness (QED) is 0.280. The van der Waals surface area contributed by atoms with Crippen molar-refractivity contribution in [3.05, 3.63) is 0 Å². The van der Waals surface area contributed by atoms with Gasteiger partial charge in [0, 0.05) is 6.04 Å². The van der Waals surface area contributed by atoms with Crippen LogP contribution >= 0.6 is 11.8 Å². The SMILES string of the molecule is CC(C)CCC(C)NC(=O)CSC(N)=NN. The Morgan fingerprint density at radius 2 is 2.00 bits per heavy atom. The van der Waals surface area contributed by atoms with Gasteiger partial charge in [-0.05, 0) is 25.7 Å². The zero-order valence-corrected chi connectivity index (χ0v) is 11.0. The first kappa shape index (κ1) is 15.1. The first-order valence-corrected chi connectivity index (χ1v) is 6.39. The number of nitrogens with two attached hydrogens (primary N) is 2. The Kier molecular flexibility index (Phi) is 7.80. The smallest absolute Gasteiger partial charge is 0.230 e. The van der Waals surface area contributed by atoms with Gasteiger partial charge in [0.2, 0.25) is 5.91 Å². The molecule has 0 spiro atoms. The fraction of sp³-hybridized carbons (Fsp3) is 0.800. The van der Waals surface area contributed by atoms with E-state index in [1.54, 1.807) is 0 Å². The first-order chi connectivity index (χ1) is 7.45. The van der Waals surface area contributed by atoms with E-state index in [-0.39, 0.29) is 22.9 Å². The molecule has 0 aliphatic carbocycles. The number of hydrogen-bond acceptors (Lipinski definition) is 4. The van der Waals surface area contributed by atoms with E-state index in [9.17, 15) is 4.79 Å². The lowest BCUT2D eigenvalue weighted by molar-refractivity contribution is -0.119. The van der Waals surface area contributed by atoms with Crippen molar-refractivity contribution in [2.24, 2.45) is 22.6 Å². The number of nitrogens with one attached hydrogen (secondary N) is 1. The predicted octanol–water partition coefficient (Wildman–Crippen LogP) is 0.849. The molecular weight excluding hydrogens is 224 g/mol. The van der Waals surface area contributed by atoms with E-state index in [0.29, 0.717) is 5.92 Å². The number of hydrogen-bond donors (Lipinski definition) is 3. The predicted molar refractivity (Wildman–Crippen MR) is 69.9 cm³/mol. The first-order valence-electron chi connectivity index (χ1n) is 5.41. The van der Waals surface area contributed by atoms with Crippen molar-refractivity contribution in [2.45, 2.75) is 39.7 Å². The summed E-state index contributed by atoms with van der Waals surface area (Å²) in [6.07, 6.45) is 2.11. The molecule has 0 saturated heterocycles. The zero-order chi connectivity index (χ0) is 12.6. The Hall–Kier alpha value is -0.910. The van der Waals surface area contributed by atoms with Crippen molar-refractivity contribution in [3.8, 4) is 0 Å². The van der Waals surface area contributed by atoms with Gasteiger partial charge in [0.15, 0.2) is 5.17 Å². The van der Waals surface area contributed by atoms with E-state index in [4.69, 9.17) is 11.6 Å². The summed E-state index contributed by atoms with van der Waals surface area (Å²) >= 11 is 1.14. The molecule has 0 aromatic heterocycles. The largest absolute Gasteiger partial charge is 0.377 e. The van der Waals surface area contributed by atoms with Gasteiger partial charge in [-0.2, -0.15) is 5.10 Å². The van der Waals surface area contributed by atoms with Crippen LogP contribution in [-0.2, 0) is 4.79 Å². The number of hydrazone groups is 1. The van der Waals surface area contributed by atoms with Gasteiger partial charge in [0.05, 0.1) is 5.75 Å². The zero-order valence-electron chi connectivity index (χ0n) is 10.2. The molecule has 0 rings (SSSR count). The normalized spacial score (nSPS) is 13.9. The van der Waals surface area contributed by atoms with Gasteiger partial charge in [-0.25, -0.2) is 0 Å². The minimum absolute atomic E-state index is 0.0344. The molecule has 5 nitrogen and oxygen atoms in total. The second kappa shape index (κ2) is 8.27. The number of amides is 1. The van der Waals surface area contributed by atoms with Crippen molar-refractivity contribution in [1.82, 2.24) is 5.32 Å². The van der Waals surface area contributed by atoms with Crippen LogP contribution in [0.25, 0.3) is 0 Å². The molecular formula is C10H22N4OS. The number of thioether (sulfide) groups is 1. The maximum absolute atomic E-state index is 11.4. The Morgan fingerprint density at radius 3 is 2.50 bits per heavy atom. The van der Waals surface area contributed by atoms with Crippen LogP contribution in [0.5, 0.6) is 0 Å². The number of amidine groups is 1. The highest BCUT2D eigenvalue weighted by Gasteiger charge is 2.08. The molecule has 16 heavy (non-hydrogen) atoms. The third-order valence-corrected chi connectivity index (χ3v) is 2.87. The second-order valence-corrected chi connectivity index (χ2v) is 5.19. The second-order valence-electron chi connectivity index (χ2n) is 4.20. The number of rotatable bonds is 6. The summed E-state index contributed by atoms with van der Waals surface area (Å²) in [6, 6.07) is 0.200.